The van der Waals surface area contributed by atoms with Gasteiger partial charge in [-0.3, -0.25) is 9.69 Å². The molecule has 114 valence electrons. The second-order valence-corrected chi connectivity index (χ2v) is 6.25. The fourth-order valence-electron chi connectivity index (χ4n) is 3.56. The topological polar surface area (TPSA) is 58.6 Å². The molecule has 21 heavy (non-hydrogen) atoms. The highest BCUT2D eigenvalue weighted by Gasteiger charge is 2.50. The highest BCUT2D eigenvalue weighted by Crippen LogP contribution is 2.38. The Morgan fingerprint density at radius 3 is 2.95 bits per heavy atom. The standard InChI is InChI=1S/C15H22N4O2/c1-18-6-4-12(9-21-2)7-15(18)10-19(11-15)14(20)13-3-5-16-17-8-13/h3,5,8,12H,4,6-7,9-11H2,1-2H3/t12-/m0/s1. The molecule has 0 aliphatic carbocycles. The van der Waals surface area contributed by atoms with Crippen LogP contribution in [0.2, 0.25) is 0 Å². The zero-order valence-electron chi connectivity index (χ0n) is 12.7. The van der Waals surface area contributed by atoms with Gasteiger partial charge in [-0.05, 0) is 38.4 Å². The number of rotatable bonds is 3. The highest BCUT2D eigenvalue weighted by atomic mass is 16.5. The van der Waals surface area contributed by atoms with Gasteiger partial charge in [-0.2, -0.15) is 10.2 Å². The summed E-state index contributed by atoms with van der Waals surface area (Å²) in [5, 5.41) is 7.49. The first kappa shape index (κ1) is 14.4. The third kappa shape index (κ3) is 2.65. The van der Waals surface area contributed by atoms with Crippen LogP contribution in [0, 0.1) is 5.92 Å². The molecule has 1 aromatic rings. The number of piperidine rings is 1. The van der Waals surface area contributed by atoms with Crippen molar-refractivity contribution in [2.75, 3.05) is 40.4 Å². The molecule has 2 fully saturated rings. The lowest BCUT2D eigenvalue weighted by Crippen LogP contribution is -2.72. The summed E-state index contributed by atoms with van der Waals surface area (Å²) in [7, 11) is 3.93. The zero-order chi connectivity index (χ0) is 14.9. The van der Waals surface area contributed by atoms with Crippen molar-refractivity contribution in [3.05, 3.63) is 24.0 Å². The molecule has 0 N–H and O–H groups in total. The van der Waals surface area contributed by atoms with Gasteiger partial charge in [0.15, 0.2) is 0 Å². The van der Waals surface area contributed by atoms with Gasteiger partial charge >= 0.3 is 0 Å². The lowest BCUT2D eigenvalue weighted by atomic mass is 9.75. The number of nitrogens with zero attached hydrogens (tertiary/aromatic N) is 4. The Morgan fingerprint density at radius 2 is 2.29 bits per heavy atom. The molecule has 2 aliphatic rings. The molecule has 6 nitrogen and oxygen atoms in total. The van der Waals surface area contributed by atoms with E-state index in [0.29, 0.717) is 11.5 Å². The van der Waals surface area contributed by atoms with E-state index in [-0.39, 0.29) is 11.4 Å². The largest absolute Gasteiger partial charge is 0.384 e. The van der Waals surface area contributed by atoms with Gasteiger partial charge < -0.3 is 9.64 Å². The number of hydrogen-bond acceptors (Lipinski definition) is 5. The van der Waals surface area contributed by atoms with Crippen molar-refractivity contribution in [1.29, 1.82) is 0 Å². The fourth-order valence-corrected chi connectivity index (χ4v) is 3.56. The quantitative estimate of drug-likeness (QED) is 0.818. The van der Waals surface area contributed by atoms with Crippen LogP contribution in [0.1, 0.15) is 23.2 Å². The number of ether oxygens (including phenoxy) is 1. The minimum atomic E-state index is 0.0535. The maximum Gasteiger partial charge on any atom is 0.255 e. The molecule has 2 saturated heterocycles. The van der Waals surface area contributed by atoms with E-state index in [2.05, 4.69) is 22.1 Å². The molecule has 1 spiro atoms. The Labute approximate surface area is 125 Å². The first-order valence-corrected chi connectivity index (χ1v) is 7.41. The molecule has 0 radical (unpaired) electrons. The molecule has 6 heteroatoms. The molecule has 3 heterocycles. The van der Waals surface area contributed by atoms with Crippen LogP contribution in [0.4, 0.5) is 0 Å². The predicted molar refractivity (Wildman–Crippen MR) is 77.9 cm³/mol. The van der Waals surface area contributed by atoms with Crippen LogP contribution < -0.4 is 0 Å². The van der Waals surface area contributed by atoms with Gasteiger partial charge in [0.2, 0.25) is 0 Å². The number of amides is 1. The Bertz CT molecular complexity index is 502. The second-order valence-electron chi connectivity index (χ2n) is 6.25. The molecule has 1 atom stereocenters. The predicted octanol–water partition coefficient (Wildman–Crippen LogP) is 0.659. The molecule has 2 aliphatic heterocycles. The van der Waals surface area contributed by atoms with Gasteiger partial charge in [0.05, 0.1) is 23.5 Å². The first-order chi connectivity index (χ1) is 10.1. The smallest absolute Gasteiger partial charge is 0.255 e. The number of hydrogen-bond donors (Lipinski definition) is 0. The van der Waals surface area contributed by atoms with E-state index in [0.717, 1.165) is 32.7 Å². The zero-order valence-corrected chi connectivity index (χ0v) is 12.7. The molecule has 1 aromatic heterocycles. The molecule has 1 amide bonds. The number of carbonyl (C=O) groups excluding carboxylic acids is 1. The van der Waals surface area contributed by atoms with Gasteiger partial charge in [-0.15, -0.1) is 0 Å². The van der Waals surface area contributed by atoms with Crippen molar-refractivity contribution in [3.63, 3.8) is 0 Å². The summed E-state index contributed by atoms with van der Waals surface area (Å²) in [4.78, 5) is 16.7. The lowest BCUT2D eigenvalue weighted by molar-refractivity contribution is -0.0731. The summed E-state index contributed by atoms with van der Waals surface area (Å²) in [5.41, 5.74) is 0.754. The summed E-state index contributed by atoms with van der Waals surface area (Å²) in [6.45, 7) is 3.49. The van der Waals surface area contributed by atoms with Gasteiger partial charge in [-0.25, -0.2) is 0 Å². The molecule has 0 saturated carbocycles. The Morgan fingerprint density at radius 1 is 1.48 bits per heavy atom. The number of aromatic nitrogens is 2. The average Bonchev–Trinajstić information content (AvgIpc) is 2.47. The van der Waals surface area contributed by atoms with E-state index >= 15 is 0 Å². The van der Waals surface area contributed by atoms with E-state index in [1.807, 2.05) is 4.90 Å². The van der Waals surface area contributed by atoms with E-state index in [4.69, 9.17) is 4.74 Å². The maximum atomic E-state index is 12.4. The molecular weight excluding hydrogens is 268 g/mol. The highest BCUT2D eigenvalue weighted by molar-refractivity contribution is 5.94. The minimum absolute atomic E-state index is 0.0535. The summed E-state index contributed by atoms with van der Waals surface area (Å²) in [5.74, 6) is 0.656. The van der Waals surface area contributed by atoms with Crippen LogP contribution in [0.15, 0.2) is 18.5 Å². The van der Waals surface area contributed by atoms with Crippen LogP contribution >= 0.6 is 0 Å². The third-order valence-corrected chi connectivity index (χ3v) is 4.84. The molecule has 0 aromatic carbocycles. The normalized spacial score (nSPS) is 24.9. The number of methoxy groups -OCH3 is 1. The Balaban J connectivity index is 1.64. The van der Waals surface area contributed by atoms with Crippen molar-refractivity contribution in [2.24, 2.45) is 5.92 Å². The summed E-state index contributed by atoms with van der Waals surface area (Å²) in [6.07, 6.45) is 5.37. The minimum Gasteiger partial charge on any atom is -0.384 e. The van der Waals surface area contributed by atoms with Gasteiger partial charge in [0.25, 0.3) is 5.91 Å². The van der Waals surface area contributed by atoms with Crippen LogP contribution in [0.5, 0.6) is 0 Å². The van der Waals surface area contributed by atoms with E-state index in [9.17, 15) is 4.79 Å². The first-order valence-electron chi connectivity index (χ1n) is 7.41. The van der Waals surface area contributed by atoms with Crippen LogP contribution in [0.25, 0.3) is 0 Å². The summed E-state index contributed by atoms with van der Waals surface area (Å²) >= 11 is 0. The number of likely N-dealkylation sites (N-methyl/N-ethyl adjacent to an activating group) is 1. The third-order valence-electron chi connectivity index (χ3n) is 4.84. The number of carbonyl (C=O) groups is 1. The summed E-state index contributed by atoms with van der Waals surface area (Å²) < 4.78 is 5.31. The Hall–Kier alpha value is -1.53. The van der Waals surface area contributed by atoms with Crippen LogP contribution in [-0.4, -0.2) is 71.8 Å². The van der Waals surface area contributed by atoms with Gasteiger partial charge in [-0.1, -0.05) is 0 Å². The molecule has 0 unspecified atom stereocenters. The number of likely N-dealkylation sites (tertiary alicyclic amines) is 2. The molecule has 0 bridgehead atoms. The average molecular weight is 290 g/mol. The Kier molecular flexibility index (Phi) is 3.91. The SMILES string of the molecule is COC[C@H]1CCN(C)C2(C1)CN(C(=O)c1ccnnc1)C2. The lowest BCUT2D eigenvalue weighted by Gasteiger charge is -2.58. The van der Waals surface area contributed by atoms with Crippen LogP contribution in [-0.2, 0) is 4.74 Å². The van der Waals surface area contributed by atoms with Crippen molar-refractivity contribution >= 4 is 5.91 Å². The van der Waals surface area contributed by atoms with E-state index in [1.165, 1.54) is 12.6 Å². The molecule has 3 rings (SSSR count). The van der Waals surface area contributed by atoms with Gasteiger partial charge in [0, 0.05) is 26.8 Å². The maximum absolute atomic E-state index is 12.4. The van der Waals surface area contributed by atoms with Crippen molar-refractivity contribution in [1.82, 2.24) is 20.0 Å². The second kappa shape index (κ2) is 5.69. The van der Waals surface area contributed by atoms with Crippen molar-refractivity contribution in [2.45, 2.75) is 18.4 Å². The fraction of sp³-hybridized carbons (Fsp3) is 0.667. The monoisotopic (exact) mass is 290 g/mol. The van der Waals surface area contributed by atoms with Crippen molar-refractivity contribution in [3.8, 4) is 0 Å². The van der Waals surface area contributed by atoms with E-state index < -0.39 is 0 Å². The summed E-state index contributed by atoms with van der Waals surface area (Å²) in [6, 6.07) is 1.72. The van der Waals surface area contributed by atoms with Gasteiger partial charge in [0.1, 0.15) is 0 Å². The van der Waals surface area contributed by atoms with Crippen molar-refractivity contribution < 1.29 is 9.53 Å². The van der Waals surface area contributed by atoms with Crippen LogP contribution in [0.3, 0.4) is 0 Å². The van der Waals surface area contributed by atoms with E-state index in [1.54, 1.807) is 19.4 Å². The molecular formula is C15H22N4O2.